The van der Waals surface area contributed by atoms with E-state index >= 15 is 0 Å². The summed E-state index contributed by atoms with van der Waals surface area (Å²) in [6, 6.07) is 13.1. The Kier molecular flexibility index (Phi) is 4.46. The van der Waals surface area contributed by atoms with Gasteiger partial charge in [-0.15, -0.1) is 0 Å². The van der Waals surface area contributed by atoms with Crippen LogP contribution in [-0.2, 0) is 6.42 Å². The van der Waals surface area contributed by atoms with Crippen molar-refractivity contribution in [1.82, 2.24) is 0 Å². The molecule has 0 fully saturated rings. The van der Waals surface area contributed by atoms with E-state index in [2.05, 4.69) is 22.9 Å². The second kappa shape index (κ2) is 6.50. The van der Waals surface area contributed by atoms with Gasteiger partial charge in [0.2, 0.25) is 0 Å². The Labute approximate surface area is 129 Å². The standard InChI is InChI=1S/C17H19FN2S/c18-14-5-2-6-16(10-14)21-20-15-7-8-17-12(9-15)3-1-4-13(17)11-19/h2,5-10,13,20H,1,3-4,11,19H2. The van der Waals surface area contributed by atoms with Gasteiger partial charge in [-0.25, -0.2) is 4.39 Å². The minimum Gasteiger partial charge on any atom is -0.330 e. The lowest BCUT2D eigenvalue weighted by Gasteiger charge is -2.25. The molecule has 3 rings (SSSR count). The molecule has 0 aliphatic heterocycles. The summed E-state index contributed by atoms with van der Waals surface area (Å²) < 4.78 is 16.4. The molecule has 0 spiro atoms. The van der Waals surface area contributed by atoms with Gasteiger partial charge in [0.1, 0.15) is 5.82 Å². The maximum absolute atomic E-state index is 13.1. The molecule has 2 aromatic rings. The van der Waals surface area contributed by atoms with Gasteiger partial charge in [0.25, 0.3) is 0 Å². The van der Waals surface area contributed by atoms with E-state index in [0.29, 0.717) is 5.92 Å². The van der Waals surface area contributed by atoms with Gasteiger partial charge in [-0.05, 0) is 85.1 Å². The van der Waals surface area contributed by atoms with Crippen molar-refractivity contribution in [3.8, 4) is 0 Å². The predicted molar refractivity (Wildman–Crippen MR) is 87.1 cm³/mol. The lowest BCUT2D eigenvalue weighted by molar-refractivity contribution is 0.561. The van der Waals surface area contributed by atoms with E-state index in [1.54, 1.807) is 6.07 Å². The van der Waals surface area contributed by atoms with Crippen molar-refractivity contribution < 1.29 is 4.39 Å². The normalized spacial score (nSPS) is 17.3. The van der Waals surface area contributed by atoms with E-state index in [0.717, 1.165) is 23.5 Å². The maximum atomic E-state index is 13.1. The van der Waals surface area contributed by atoms with Gasteiger partial charge in [0.05, 0.1) is 0 Å². The molecule has 0 amide bonds. The topological polar surface area (TPSA) is 38.0 Å². The second-order valence-electron chi connectivity index (χ2n) is 5.40. The van der Waals surface area contributed by atoms with Gasteiger partial charge < -0.3 is 10.5 Å². The molecule has 110 valence electrons. The van der Waals surface area contributed by atoms with Crippen LogP contribution in [0, 0.1) is 5.82 Å². The molecule has 1 atom stereocenters. The van der Waals surface area contributed by atoms with Crippen LogP contribution in [0.15, 0.2) is 47.4 Å². The number of nitrogens with one attached hydrogen (secondary N) is 1. The highest BCUT2D eigenvalue weighted by Gasteiger charge is 2.18. The molecule has 0 radical (unpaired) electrons. The minimum atomic E-state index is -0.210. The van der Waals surface area contributed by atoms with E-state index in [1.807, 2.05) is 6.07 Å². The Bertz CT molecular complexity index is 630. The number of halogens is 1. The van der Waals surface area contributed by atoms with Gasteiger partial charge >= 0.3 is 0 Å². The van der Waals surface area contributed by atoms with E-state index in [4.69, 9.17) is 5.73 Å². The molecule has 1 aliphatic rings. The maximum Gasteiger partial charge on any atom is 0.124 e. The molecular formula is C17H19FN2S. The molecule has 0 saturated heterocycles. The Morgan fingerprint density at radius 2 is 2.14 bits per heavy atom. The average molecular weight is 302 g/mol. The van der Waals surface area contributed by atoms with Crippen LogP contribution in [0.3, 0.4) is 0 Å². The summed E-state index contributed by atoms with van der Waals surface area (Å²) in [5, 5.41) is 0. The highest BCUT2D eigenvalue weighted by molar-refractivity contribution is 8.00. The molecule has 1 aliphatic carbocycles. The van der Waals surface area contributed by atoms with Gasteiger partial charge in [0, 0.05) is 10.6 Å². The van der Waals surface area contributed by atoms with Crippen molar-refractivity contribution in [2.45, 2.75) is 30.1 Å². The number of hydrogen-bond donors (Lipinski definition) is 2. The Hall–Kier alpha value is -1.52. The van der Waals surface area contributed by atoms with Crippen LogP contribution in [0.1, 0.15) is 29.9 Å². The number of benzene rings is 2. The number of nitrogens with two attached hydrogens (primary N) is 1. The van der Waals surface area contributed by atoms with Crippen molar-refractivity contribution in [1.29, 1.82) is 0 Å². The monoisotopic (exact) mass is 302 g/mol. The van der Waals surface area contributed by atoms with E-state index in [9.17, 15) is 4.39 Å². The average Bonchev–Trinajstić information content (AvgIpc) is 2.52. The first kappa shape index (κ1) is 14.4. The highest BCUT2D eigenvalue weighted by atomic mass is 32.2. The van der Waals surface area contributed by atoms with Crippen LogP contribution in [0.2, 0.25) is 0 Å². The quantitative estimate of drug-likeness (QED) is 0.826. The number of fused-ring (bicyclic) bond motifs is 1. The van der Waals surface area contributed by atoms with Gasteiger partial charge in [-0.2, -0.15) is 0 Å². The van der Waals surface area contributed by atoms with Crippen LogP contribution in [-0.4, -0.2) is 6.54 Å². The smallest absolute Gasteiger partial charge is 0.124 e. The van der Waals surface area contributed by atoms with Gasteiger partial charge in [0.15, 0.2) is 0 Å². The Morgan fingerprint density at radius 3 is 2.95 bits per heavy atom. The van der Waals surface area contributed by atoms with E-state index in [1.165, 1.54) is 48.0 Å². The molecule has 2 aromatic carbocycles. The molecule has 3 N–H and O–H groups in total. The third kappa shape index (κ3) is 3.39. The predicted octanol–water partition coefficient (Wildman–Crippen LogP) is 4.32. The molecule has 0 aromatic heterocycles. The van der Waals surface area contributed by atoms with Gasteiger partial charge in [-0.3, -0.25) is 0 Å². The first-order valence-electron chi connectivity index (χ1n) is 7.27. The fraction of sp³-hybridized carbons (Fsp3) is 0.294. The fourth-order valence-electron chi connectivity index (χ4n) is 2.87. The van der Waals surface area contributed by atoms with Crippen LogP contribution in [0.5, 0.6) is 0 Å². The number of aryl methyl sites for hydroxylation is 1. The Balaban J connectivity index is 1.72. The van der Waals surface area contributed by atoms with Crippen LogP contribution < -0.4 is 10.5 Å². The molecule has 0 bridgehead atoms. The van der Waals surface area contributed by atoms with Crippen molar-refractivity contribution in [3.05, 3.63) is 59.4 Å². The SMILES string of the molecule is NCC1CCCc2cc(NSc3cccc(F)c3)ccc21. The van der Waals surface area contributed by atoms with Crippen molar-refractivity contribution in [3.63, 3.8) is 0 Å². The van der Waals surface area contributed by atoms with Crippen molar-refractivity contribution in [2.75, 3.05) is 11.3 Å². The second-order valence-corrected chi connectivity index (χ2v) is 6.28. The number of hydrogen-bond acceptors (Lipinski definition) is 3. The molecule has 2 nitrogen and oxygen atoms in total. The van der Waals surface area contributed by atoms with Crippen molar-refractivity contribution >= 4 is 17.6 Å². The summed E-state index contributed by atoms with van der Waals surface area (Å²) in [5.41, 5.74) is 9.69. The zero-order chi connectivity index (χ0) is 14.7. The first-order chi connectivity index (χ1) is 10.3. The molecule has 0 saturated carbocycles. The lowest BCUT2D eigenvalue weighted by Crippen LogP contribution is -2.18. The third-order valence-corrected chi connectivity index (χ3v) is 4.78. The molecule has 0 heterocycles. The summed E-state index contributed by atoms with van der Waals surface area (Å²) in [5.74, 6) is 0.289. The first-order valence-corrected chi connectivity index (χ1v) is 8.09. The zero-order valence-electron chi connectivity index (χ0n) is 11.8. The van der Waals surface area contributed by atoms with Crippen LogP contribution in [0.25, 0.3) is 0 Å². The highest BCUT2D eigenvalue weighted by Crippen LogP contribution is 2.33. The summed E-state index contributed by atoms with van der Waals surface area (Å²) >= 11 is 1.43. The Morgan fingerprint density at radius 1 is 1.24 bits per heavy atom. The number of anilines is 1. The molecule has 4 heteroatoms. The molecule has 21 heavy (non-hydrogen) atoms. The van der Waals surface area contributed by atoms with Crippen LogP contribution >= 0.6 is 11.9 Å². The summed E-state index contributed by atoms with van der Waals surface area (Å²) in [6.07, 6.45) is 3.51. The largest absolute Gasteiger partial charge is 0.330 e. The zero-order valence-corrected chi connectivity index (χ0v) is 12.6. The van der Waals surface area contributed by atoms with E-state index in [-0.39, 0.29) is 5.82 Å². The van der Waals surface area contributed by atoms with E-state index < -0.39 is 0 Å². The third-order valence-electron chi connectivity index (χ3n) is 3.95. The van der Waals surface area contributed by atoms with Crippen LogP contribution in [0.4, 0.5) is 10.1 Å². The molecular weight excluding hydrogens is 283 g/mol. The summed E-state index contributed by atoms with van der Waals surface area (Å²) in [4.78, 5) is 0.868. The van der Waals surface area contributed by atoms with Gasteiger partial charge in [-0.1, -0.05) is 12.1 Å². The summed E-state index contributed by atoms with van der Waals surface area (Å²) in [7, 11) is 0. The fourth-order valence-corrected chi connectivity index (χ4v) is 3.55. The van der Waals surface area contributed by atoms with Crippen molar-refractivity contribution in [2.24, 2.45) is 5.73 Å². The minimum absolute atomic E-state index is 0.210. The lowest BCUT2D eigenvalue weighted by atomic mass is 9.83. The summed E-state index contributed by atoms with van der Waals surface area (Å²) in [6.45, 7) is 0.720. The number of rotatable bonds is 4. The molecule has 1 unspecified atom stereocenters.